The van der Waals surface area contributed by atoms with Gasteiger partial charge in [-0.15, -0.1) is 0 Å². The van der Waals surface area contributed by atoms with Crippen LogP contribution in [0.15, 0.2) is 29.4 Å². The molecule has 1 spiro atoms. The summed E-state index contributed by atoms with van der Waals surface area (Å²) in [5.74, 6) is -0.705. The molecule has 2 aliphatic rings. The fourth-order valence-electron chi connectivity index (χ4n) is 3.22. The summed E-state index contributed by atoms with van der Waals surface area (Å²) in [6, 6.07) is 7.47. The minimum atomic E-state index is -0.757. The maximum atomic E-state index is 10.7. The molecule has 7 heteroatoms. The highest BCUT2D eigenvalue weighted by atomic mass is 16.7. The Labute approximate surface area is 140 Å². The lowest BCUT2D eigenvalue weighted by molar-refractivity contribution is -0.137. The smallest absolute Gasteiger partial charge is 0.304 e. The van der Waals surface area contributed by atoms with E-state index in [0.717, 1.165) is 43.6 Å². The van der Waals surface area contributed by atoms with Gasteiger partial charge in [-0.25, -0.2) is 0 Å². The molecule has 3 rings (SSSR count). The molecule has 0 aromatic heterocycles. The van der Waals surface area contributed by atoms with E-state index in [1.807, 2.05) is 24.3 Å². The first-order valence-electron chi connectivity index (χ1n) is 8.11. The van der Waals surface area contributed by atoms with Crippen molar-refractivity contribution in [1.82, 2.24) is 4.90 Å². The maximum Gasteiger partial charge on any atom is 0.304 e. The van der Waals surface area contributed by atoms with Gasteiger partial charge < -0.3 is 20.6 Å². The molecular weight excluding hydrogens is 308 g/mol. The zero-order valence-corrected chi connectivity index (χ0v) is 13.5. The lowest BCUT2D eigenvalue weighted by Gasteiger charge is -2.37. The Morgan fingerprint density at radius 3 is 2.58 bits per heavy atom. The summed E-state index contributed by atoms with van der Waals surface area (Å²) in [5.41, 5.74) is 7.82. The van der Waals surface area contributed by atoms with E-state index in [4.69, 9.17) is 21.1 Å². The van der Waals surface area contributed by atoms with Gasteiger partial charge in [-0.3, -0.25) is 10.2 Å². The van der Waals surface area contributed by atoms with Crippen LogP contribution in [0.4, 0.5) is 0 Å². The topological polar surface area (TPSA) is 112 Å². The Hall–Kier alpha value is -2.41. The van der Waals surface area contributed by atoms with Crippen molar-refractivity contribution in [3.63, 3.8) is 0 Å². The first-order valence-corrected chi connectivity index (χ1v) is 8.11. The highest BCUT2D eigenvalue weighted by Gasteiger charge is 2.42. The third-order valence-corrected chi connectivity index (χ3v) is 4.78. The van der Waals surface area contributed by atoms with E-state index in [1.54, 1.807) is 0 Å². The number of carboxylic acids is 1. The van der Waals surface area contributed by atoms with Crippen LogP contribution < -0.4 is 5.73 Å². The Bertz CT molecular complexity index is 661. The summed E-state index contributed by atoms with van der Waals surface area (Å²) in [6.07, 6.45) is 2.65. The number of carbonyl (C=O) groups is 1. The normalized spacial score (nSPS) is 19.8. The number of hydrogen-bond donors (Lipinski definition) is 3. The summed E-state index contributed by atoms with van der Waals surface area (Å²) < 4.78 is 0. The molecule has 0 amide bonds. The predicted octanol–water partition coefficient (Wildman–Crippen LogP) is 1.40. The van der Waals surface area contributed by atoms with Crippen molar-refractivity contribution in [1.29, 1.82) is 5.41 Å². The molecule has 2 aliphatic heterocycles. The van der Waals surface area contributed by atoms with Gasteiger partial charge >= 0.3 is 5.97 Å². The van der Waals surface area contributed by atoms with E-state index in [-0.39, 0.29) is 17.9 Å². The molecule has 1 aromatic rings. The van der Waals surface area contributed by atoms with Gasteiger partial charge in [-0.05, 0) is 5.56 Å². The van der Waals surface area contributed by atoms with Gasteiger partial charge in [0.2, 0.25) is 0 Å². The van der Waals surface area contributed by atoms with Gasteiger partial charge in [-0.1, -0.05) is 29.4 Å². The fourth-order valence-corrected chi connectivity index (χ4v) is 3.22. The SMILES string of the molecule is N=C(N)c1ccc(C2=NOC3(CCN(CCC(=O)O)CC3)C2)cc1. The number of aliphatic carboxylic acids is 1. The Morgan fingerprint density at radius 1 is 1.33 bits per heavy atom. The molecule has 0 bridgehead atoms. The van der Waals surface area contributed by atoms with Crippen molar-refractivity contribution < 1.29 is 14.7 Å². The molecular formula is C17H22N4O3. The van der Waals surface area contributed by atoms with Crippen molar-refractivity contribution >= 4 is 17.5 Å². The van der Waals surface area contributed by atoms with E-state index in [9.17, 15) is 4.79 Å². The number of likely N-dealkylation sites (tertiary alicyclic amines) is 1. The zero-order chi connectivity index (χ0) is 17.2. The summed E-state index contributed by atoms with van der Waals surface area (Å²) in [6.45, 7) is 2.25. The standard InChI is InChI=1S/C17H22N4O3/c18-16(19)13-3-1-12(2-4-13)14-11-17(24-20-14)6-9-21(10-7-17)8-5-15(22)23/h1-4H,5-11H2,(H3,18,19)(H,22,23). The van der Waals surface area contributed by atoms with Crippen LogP contribution in [-0.4, -0.2) is 52.8 Å². The van der Waals surface area contributed by atoms with Gasteiger partial charge in [0.15, 0.2) is 0 Å². The van der Waals surface area contributed by atoms with Crippen LogP contribution in [0.25, 0.3) is 0 Å². The van der Waals surface area contributed by atoms with Crippen molar-refractivity contribution in [3.8, 4) is 0 Å². The Balaban J connectivity index is 1.57. The Morgan fingerprint density at radius 2 is 2.00 bits per heavy atom. The minimum Gasteiger partial charge on any atom is -0.481 e. The lowest BCUT2D eigenvalue weighted by atomic mass is 9.85. The quantitative estimate of drug-likeness (QED) is 0.558. The van der Waals surface area contributed by atoms with Crippen LogP contribution >= 0.6 is 0 Å². The van der Waals surface area contributed by atoms with Gasteiger partial charge in [0.1, 0.15) is 11.4 Å². The number of rotatable bonds is 5. The van der Waals surface area contributed by atoms with Crippen LogP contribution in [-0.2, 0) is 9.63 Å². The van der Waals surface area contributed by atoms with Gasteiger partial charge in [-0.2, -0.15) is 0 Å². The average Bonchev–Trinajstić information content (AvgIpc) is 2.98. The number of amidine groups is 1. The summed E-state index contributed by atoms with van der Waals surface area (Å²) >= 11 is 0. The second-order valence-electron chi connectivity index (χ2n) is 6.47. The molecule has 0 unspecified atom stereocenters. The number of carboxylic acid groups (broad SMARTS) is 1. The largest absolute Gasteiger partial charge is 0.481 e. The number of nitrogens with two attached hydrogens (primary N) is 1. The van der Waals surface area contributed by atoms with Crippen LogP contribution in [0.1, 0.15) is 36.8 Å². The third kappa shape index (κ3) is 3.56. The van der Waals surface area contributed by atoms with Crippen molar-refractivity contribution in [2.45, 2.75) is 31.3 Å². The van der Waals surface area contributed by atoms with Crippen LogP contribution in [0.2, 0.25) is 0 Å². The van der Waals surface area contributed by atoms with E-state index >= 15 is 0 Å². The van der Waals surface area contributed by atoms with E-state index < -0.39 is 5.97 Å². The molecule has 0 radical (unpaired) electrons. The number of hydrogen-bond acceptors (Lipinski definition) is 5. The number of nitrogens with zero attached hydrogens (tertiary/aromatic N) is 2. The number of piperidine rings is 1. The highest BCUT2D eigenvalue weighted by molar-refractivity contribution is 6.03. The third-order valence-electron chi connectivity index (χ3n) is 4.78. The molecule has 1 aromatic carbocycles. The van der Waals surface area contributed by atoms with Crippen molar-refractivity contribution in [2.75, 3.05) is 19.6 Å². The highest BCUT2D eigenvalue weighted by Crippen LogP contribution is 2.36. The van der Waals surface area contributed by atoms with Crippen molar-refractivity contribution in [2.24, 2.45) is 10.9 Å². The van der Waals surface area contributed by atoms with Gasteiger partial charge in [0.25, 0.3) is 0 Å². The van der Waals surface area contributed by atoms with Crippen LogP contribution in [0, 0.1) is 5.41 Å². The van der Waals surface area contributed by atoms with Crippen LogP contribution in [0.3, 0.4) is 0 Å². The molecule has 128 valence electrons. The van der Waals surface area contributed by atoms with Gasteiger partial charge in [0.05, 0.1) is 12.1 Å². The monoisotopic (exact) mass is 330 g/mol. The van der Waals surface area contributed by atoms with Crippen LogP contribution in [0.5, 0.6) is 0 Å². The summed E-state index contributed by atoms with van der Waals surface area (Å²) in [4.78, 5) is 18.6. The average molecular weight is 330 g/mol. The number of nitrogens with one attached hydrogen (secondary N) is 1. The van der Waals surface area contributed by atoms with Crippen molar-refractivity contribution in [3.05, 3.63) is 35.4 Å². The molecule has 0 saturated carbocycles. The van der Waals surface area contributed by atoms with E-state index in [2.05, 4.69) is 10.1 Å². The Kier molecular flexibility index (Phi) is 4.53. The summed E-state index contributed by atoms with van der Waals surface area (Å²) in [5, 5.41) is 20.5. The molecule has 0 aliphatic carbocycles. The molecule has 24 heavy (non-hydrogen) atoms. The number of benzene rings is 1. The lowest BCUT2D eigenvalue weighted by Crippen LogP contribution is -2.45. The first-order chi connectivity index (χ1) is 11.5. The summed E-state index contributed by atoms with van der Waals surface area (Å²) in [7, 11) is 0. The zero-order valence-electron chi connectivity index (χ0n) is 13.5. The maximum absolute atomic E-state index is 10.7. The fraction of sp³-hybridized carbons (Fsp3) is 0.471. The minimum absolute atomic E-state index is 0.0522. The molecule has 0 atom stereocenters. The molecule has 7 nitrogen and oxygen atoms in total. The molecule has 4 N–H and O–H groups in total. The first kappa shape index (κ1) is 16.4. The number of oxime groups is 1. The van der Waals surface area contributed by atoms with E-state index in [1.165, 1.54) is 0 Å². The second kappa shape index (κ2) is 6.60. The molecule has 2 heterocycles. The molecule has 1 saturated heterocycles. The predicted molar refractivity (Wildman–Crippen MR) is 90.4 cm³/mol. The molecule has 1 fully saturated rings. The van der Waals surface area contributed by atoms with E-state index in [0.29, 0.717) is 12.1 Å². The number of nitrogen functional groups attached to an aromatic ring is 1. The van der Waals surface area contributed by atoms with Gasteiger partial charge in [0, 0.05) is 44.5 Å². The second-order valence-corrected chi connectivity index (χ2v) is 6.47.